The van der Waals surface area contributed by atoms with E-state index in [0.717, 1.165) is 32.4 Å². The summed E-state index contributed by atoms with van der Waals surface area (Å²) in [5.74, 6) is -0.722. The molecule has 0 aliphatic carbocycles. The zero-order valence-corrected chi connectivity index (χ0v) is 12.8. The Labute approximate surface area is 117 Å². The summed E-state index contributed by atoms with van der Waals surface area (Å²) in [6.45, 7) is 9.95. The van der Waals surface area contributed by atoms with Gasteiger partial charge >= 0.3 is 5.97 Å². The molecule has 0 aliphatic heterocycles. The van der Waals surface area contributed by atoms with E-state index in [1.807, 2.05) is 13.8 Å². The van der Waals surface area contributed by atoms with Gasteiger partial charge in [-0.3, -0.25) is 4.79 Å². The summed E-state index contributed by atoms with van der Waals surface area (Å²) in [5.41, 5.74) is -0.167. The van der Waals surface area contributed by atoms with Gasteiger partial charge in [-0.25, -0.2) is 0 Å². The lowest BCUT2D eigenvalue weighted by Crippen LogP contribution is -2.24. The van der Waals surface area contributed by atoms with Crippen molar-refractivity contribution in [3.8, 4) is 6.07 Å². The van der Waals surface area contributed by atoms with E-state index in [1.54, 1.807) is 0 Å². The number of hydrogen-bond donors (Lipinski definition) is 2. The molecule has 0 aromatic carbocycles. The fourth-order valence-electron chi connectivity index (χ4n) is 1.83. The van der Waals surface area contributed by atoms with Crippen molar-refractivity contribution in [3.05, 3.63) is 0 Å². The maximum atomic E-state index is 10.5. The number of rotatable bonds is 10. The molecule has 19 heavy (non-hydrogen) atoms. The van der Waals surface area contributed by atoms with E-state index in [2.05, 4.69) is 25.2 Å². The van der Waals surface area contributed by atoms with E-state index in [9.17, 15) is 4.79 Å². The normalized spacial score (nSPS) is 12.2. The smallest absolute Gasteiger partial charge is 0.303 e. The van der Waals surface area contributed by atoms with Crippen molar-refractivity contribution >= 4 is 5.97 Å². The molecule has 0 bridgehead atoms. The van der Waals surface area contributed by atoms with Gasteiger partial charge in [0.15, 0.2) is 0 Å². The Morgan fingerprint density at radius 2 is 1.79 bits per heavy atom. The Morgan fingerprint density at radius 1 is 1.16 bits per heavy atom. The van der Waals surface area contributed by atoms with E-state index in [4.69, 9.17) is 10.4 Å². The number of carboxylic acid groups (broad SMARTS) is 1. The highest BCUT2D eigenvalue weighted by molar-refractivity contribution is 5.66. The number of carbonyl (C=O) groups is 1. The first-order valence-corrected chi connectivity index (χ1v) is 7.02. The Morgan fingerprint density at radius 3 is 2.32 bits per heavy atom. The van der Waals surface area contributed by atoms with Crippen molar-refractivity contribution < 1.29 is 9.90 Å². The highest BCUT2D eigenvalue weighted by Crippen LogP contribution is 2.26. The van der Waals surface area contributed by atoms with Crippen LogP contribution in [0.2, 0.25) is 0 Å². The number of nitriles is 1. The molecule has 0 aromatic heterocycles. The molecule has 110 valence electrons. The second-order valence-electron chi connectivity index (χ2n) is 6.66. The second kappa shape index (κ2) is 8.16. The summed E-state index contributed by atoms with van der Waals surface area (Å²) in [4.78, 5) is 10.5. The minimum atomic E-state index is -0.722. The Bertz CT molecular complexity index is 317. The zero-order chi connectivity index (χ0) is 14.9. The highest BCUT2D eigenvalue weighted by Gasteiger charge is 2.19. The van der Waals surface area contributed by atoms with Crippen LogP contribution < -0.4 is 5.32 Å². The summed E-state index contributed by atoms with van der Waals surface area (Å²) in [6.07, 6.45) is 3.83. The van der Waals surface area contributed by atoms with Crippen LogP contribution in [0.25, 0.3) is 0 Å². The van der Waals surface area contributed by atoms with Crippen molar-refractivity contribution in [3.63, 3.8) is 0 Å². The van der Waals surface area contributed by atoms with Gasteiger partial charge in [0, 0.05) is 6.42 Å². The largest absolute Gasteiger partial charge is 0.481 e. The molecule has 0 saturated heterocycles. The Hall–Kier alpha value is -1.08. The number of nitrogens with one attached hydrogen (secondary N) is 1. The van der Waals surface area contributed by atoms with Crippen LogP contribution in [0.15, 0.2) is 0 Å². The molecule has 0 unspecified atom stereocenters. The third-order valence-electron chi connectivity index (χ3n) is 3.45. The molecule has 0 aromatic rings. The summed E-state index contributed by atoms with van der Waals surface area (Å²) in [5, 5.41) is 20.9. The molecule has 0 atom stereocenters. The predicted octanol–water partition coefficient (Wildman–Crippen LogP) is 3.19. The van der Waals surface area contributed by atoms with Crippen LogP contribution in [-0.4, -0.2) is 24.2 Å². The van der Waals surface area contributed by atoms with Gasteiger partial charge < -0.3 is 10.4 Å². The fraction of sp³-hybridized carbons (Fsp3) is 0.867. The van der Waals surface area contributed by atoms with Crippen molar-refractivity contribution in [1.82, 2.24) is 5.32 Å². The number of aliphatic carboxylic acids is 1. The van der Waals surface area contributed by atoms with E-state index < -0.39 is 5.97 Å². The average molecular weight is 268 g/mol. The van der Waals surface area contributed by atoms with E-state index >= 15 is 0 Å². The van der Waals surface area contributed by atoms with Crippen molar-refractivity contribution in [2.75, 3.05) is 13.1 Å². The van der Waals surface area contributed by atoms with Gasteiger partial charge in [-0.2, -0.15) is 5.26 Å². The topological polar surface area (TPSA) is 73.1 Å². The molecule has 0 spiro atoms. The first-order chi connectivity index (χ1) is 8.68. The fourth-order valence-corrected chi connectivity index (χ4v) is 1.83. The standard InChI is InChI=1S/C15H28N2O2/c1-14(2,8-6-13(18)19)9-11-17-10-5-7-15(3,4)12-16/h17H,5-11H2,1-4H3,(H,18,19). The molecule has 0 amide bonds. The van der Waals surface area contributed by atoms with Gasteiger partial charge in [-0.15, -0.1) is 0 Å². The summed E-state index contributed by atoms with van der Waals surface area (Å²) in [6, 6.07) is 2.30. The molecule has 0 radical (unpaired) electrons. The maximum Gasteiger partial charge on any atom is 0.303 e. The molecule has 4 heteroatoms. The molecule has 0 aliphatic rings. The minimum absolute atomic E-state index is 0.0668. The lowest BCUT2D eigenvalue weighted by atomic mass is 9.84. The summed E-state index contributed by atoms with van der Waals surface area (Å²) < 4.78 is 0. The van der Waals surface area contributed by atoms with Crippen LogP contribution in [0.1, 0.15) is 59.8 Å². The molecule has 0 heterocycles. The zero-order valence-electron chi connectivity index (χ0n) is 12.8. The van der Waals surface area contributed by atoms with Crippen molar-refractivity contribution in [2.24, 2.45) is 10.8 Å². The molecule has 2 N–H and O–H groups in total. The van der Waals surface area contributed by atoms with Gasteiger partial charge in [-0.1, -0.05) is 13.8 Å². The molecule has 0 saturated carbocycles. The summed E-state index contributed by atoms with van der Waals surface area (Å²) >= 11 is 0. The van der Waals surface area contributed by atoms with Crippen LogP contribution in [0.4, 0.5) is 0 Å². The summed E-state index contributed by atoms with van der Waals surface area (Å²) in [7, 11) is 0. The molecular formula is C15H28N2O2. The maximum absolute atomic E-state index is 10.5. The third kappa shape index (κ3) is 10.5. The van der Waals surface area contributed by atoms with Gasteiger partial charge in [0.1, 0.15) is 0 Å². The predicted molar refractivity (Wildman–Crippen MR) is 76.8 cm³/mol. The molecule has 4 nitrogen and oxygen atoms in total. The average Bonchev–Trinajstić information content (AvgIpc) is 2.31. The minimum Gasteiger partial charge on any atom is -0.481 e. The molecule has 0 rings (SSSR count). The van der Waals surface area contributed by atoms with Crippen LogP contribution in [0, 0.1) is 22.2 Å². The van der Waals surface area contributed by atoms with Gasteiger partial charge in [0.05, 0.1) is 11.5 Å². The van der Waals surface area contributed by atoms with Crippen molar-refractivity contribution in [2.45, 2.75) is 59.8 Å². The quantitative estimate of drug-likeness (QED) is 0.597. The van der Waals surface area contributed by atoms with E-state index in [1.165, 1.54) is 0 Å². The lowest BCUT2D eigenvalue weighted by Gasteiger charge is -2.24. The molecule has 0 fully saturated rings. The van der Waals surface area contributed by atoms with Crippen molar-refractivity contribution in [1.29, 1.82) is 5.26 Å². The van der Waals surface area contributed by atoms with Crippen LogP contribution in [-0.2, 0) is 4.79 Å². The van der Waals surface area contributed by atoms with Crippen LogP contribution >= 0.6 is 0 Å². The van der Waals surface area contributed by atoms with Crippen LogP contribution in [0.5, 0.6) is 0 Å². The first kappa shape index (κ1) is 17.9. The van der Waals surface area contributed by atoms with Gasteiger partial charge in [-0.05, 0) is 58.0 Å². The Kier molecular flexibility index (Phi) is 7.70. The lowest BCUT2D eigenvalue weighted by molar-refractivity contribution is -0.137. The highest BCUT2D eigenvalue weighted by atomic mass is 16.4. The second-order valence-corrected chi connectivity index (χ2v) is 6.66. The molecular weight excluding hydrogens is 240 g/mol. The number of hydrogen-bond acceptors (Lipinski definition) is 3. The third-order valence-corrected chi connectivity index (χ3v) is 3.45. The Balaban J connectivity index is 3.64. The van der Waals surface area contributed by atoms with E-state index in [-0.39, 0.29) is 17.3 Å². The monoisotopic (exact) mass is 268 g/mol. The van der Waals surface area contributed by atoms with Crippen LogP contribution in [0.3, 0.4) is 0 Å². The number of nitrogens with zero attached hydrogens (tertiary/aromatic N) is 1. The van der Waals surface area contributed by atoms with Gasteiger partial charge in [0.2, 0.25) is 0 Å². The number of carboxylic acids is 1. The van der Waals surface area contributed by atoms with E-state index in [0.29, 0.717) is 6.42 Å². The SMILES string of the molecule is CC(C)(C#N)CCCNCCC(C)(C)CCC(=O)O. The van der Waals surface area contributed by atoms with Gasteiger partial charge in [0.25, 0.3) is 0 Å². The first-order valence-electron chi connectivity index (χ1n) is 7.02.